The zero-order valence-corrected chi connectivity index (χ0v) is 23.3. The number of carbonyl (C=O) groups is 3. The number of anilines is 1. The number of aliphatic hydroxyl groups is 1. The molecule has 208 valence electrons. The van der Waals surface area contributed by atoms with Crippen LogP contribution in [0, 0.1) is 12.8 Å². The molecule has 1 unspecified atom stereocenters. The molecular formula is C32H33NO7. The van der Waals surface area contributed by atoms with Crippen LogP contribution in [0.25, 0.3) is 5.76 Å². The number of aryl methyl sites for hydroxylation is 1. The second-order valence-electron chi connectivity index (χ2n) is 10.0. The Kier molecular flexibility index (Phi) is 8.58. The third kappa shape index (κ3) is 5.86. The highest BCUT2D eigenvalue weighted by atomic mass is 16.5. The number of esters is 1. The molecule has 8 nitrogen and oxygen atoms in total. The van der Waals surface area contributed by atoms with E-state index in [0.717, 1.165) is 5.56 Å². The van der Waals surface area contributed by atoms with E-state index in [1.165, 1.54) is 12.0 Å². The number of nitrogens with zero attached hydrogens (tertiary/aromatic N) is 1. The van der Waals surface area contributed by atoms with Crippen LogP contribution in [-0.2, 0) is 25.5 Å². The van der Waals surface area contributed by atoms with Crippen molar-refractivity contribution in [2.45, 2.75) is 33.2 Å². The lowest BCUT2D eigenvalue weighted by molar-refractivity contribution is -0.139. The quantitative estimate of drug-likeness (QED) is 0.167. The average Bonchev–Trinajstić information content (AvgIpc) is 3.22. The molecule has 3 aromatic carbocycles. The van der Waals surface area contributed by atoms with Gasteiger partial charge in [0, 0.05) is 11.3 Å². The molecule has 1 N–H and O–H groups in total. The van der Waals surface area contributed by atoms with Gasteiger partial charge in [-0.15, -0.1) is 0 Å². The minimum absolute atomic E-state index is 0.0240. The molecule has 1 heterocycles. The number of carbonyl (C=O) groups excluding carboxylic acids is 3. The fourth-order valence-corrected chi connectivity index (χ4v) is 4.58. The first kappa shape index (κ1) is 28.4. The highest BCUT2D eigenvalue weighted by Crippen LogP contribution is 2.43. The molecule has 40 heavy (non-hydrogen) atoms. The largest absolute Gasteiger partial charge is 0.507 e. The molecular weight excluding hydrogens is 510 g/mol. The van der Waals surface area contributed by atoms with Crippen LogP contribution in [0.1, 0.15) is 42.1 Å². The molecule has 4 rings (SSSR count). The molecule has 1 fully saturated rings. The SMILES string of the molecule is COC(=O)Cc1ccc(N2C(=O)C(=O)/C(=C(\O)c3ccc(OCC(C)C)c(C)c3)C2c2ccc(OC)cc2)cc1. The van der Waals surface area contributed by atoms with Crippen molar-refractivity contribution in [3.8, 4) is 11.5 Å². The minimum Gasteiger partial charge on any atom is -0.507 e. The molecule has 1 aliphatic rings. The van der Waals surface area contributed by atoms with Crippen LogP contribution in [0.3, 0.4) is 0 Å². The van der Waals surface area contributed by atoms with Crippen LogP contribution in [0.2, 0.25) is 0 Å². The van der Waals surface area contributed by atoms with Crippen molar-refractivity contribution in [3.63, 3.8) is 0 Å². The van der Waals surface area contributed by atoms with Gasteiger partial charge in [-0.2, -0.15) is 0 Å². The van der Waals surface area contributed by atoms with Gasteiger partial charge >= 0.3 is 5.97 Å². The first-order valence-electron chi connectivity index (χ1n) is 13.0. The molecule has 1 amide bonds. The van der Waals surface area contributed by atoms with Crippen LogP contribution in [0.5, 0.6) is 11.5 Å². The number of amides is 1. The van der Waals surface area contributed by atoms with Crippen LogP contribution in [-0.4, -0.2) is 43.6 Å². The number of rotatable bonds is 9. The van der Waals surface area contributed by atoms with Crippen LogP contribution >= 0.6 is 0 Å². The Labute approximate surface area is 233 Å². The van der Waals surface area contributed by atoms with E-state index >= 15 is 0 Å². The lowest BCUT2D eigenvalue weighted by Gasteiger charge is -2.26. The Morgan fingerprint density at radius 1 is 0.975 bits per heavy atom. The Morgan fingerprint density at radius 3 is 2.23 bits per heavy atom. The molecule has 0 spiro atoms. The van der Waals surface area contributed by atoms with Gasteiger partial charge in [-0.1, -0.05) is 38.1 Å². The van der Waals surface area contributed by atoms with Gasteiger partial charge in [-0.05, 0) is 72.0 Å². The van der Waals surface area contributed by atoms with Crippen LogP contribution in [0.15, 0.2) is 72.3 Å². The van der Waals surface area contributed by atoms with E-state index in [-0.39, 0.29) is 23.7 Å². The molecule has 0 bridgehead atoms. The van der Waals surface area contributed by atoms with Gasteiger partial charge < -0.3 is 19.3 Å². The summed E-state index contributed by atoms with van der Waals surface area (Å²) in [7, 11) is 2.87. The summed E-state index contributed by atoms with van der Waals surface area (Å²) < 4.78 is 15.9. The van der Waals surface area contributed by atoms with E-state index in [2.05, 4.69) is 13.8 Å². The number of hydrogen-bond donors (Lipinski definition) is 1. The predicted molar refractivity (Wildman–Crippen MR) is 151 cm³/mol. The minimum atomic E-state index is -0.894. The summed E-state index contributed by atoms with van der Waals surface area (Å²) >= 11 is 0. The zero-order chi connectivity index (χ0) is 29.0. The summed E-state index contributed by atoms with van der Waals surface area (Å²) in [6.45, 7) is 6.52. The summed E-state index contributed by atoms with van der Waals surface area (Å²) in [6.07, 6.45) is 0.0771. The molecule has 8 heteroatoms. The van der Waals surface area contributed by atoms with Crippen molar-refractivity contribution in [2.24, 2.45) is 5.92 Å². The molecule has 0 saturated carbocycles. The van der Waals surface area contributed by atoms with E-state index in [9.17, 15) is 19.5 Å². The van der Waals surface area contributed by atoms with Gasteiger partial charge in [-0.25, -0.2) is 0 Å². The standard InChI is InChI=1S/C32H33NO7/c1-19(2)18-40-26-15-10-23(16-20(26)3)30(35)28-29(22-8-13-25(38-4)14-9-22)33(32(37)31(28)36)24-11-6-21(7-12-24)17-27(34)39-5/h6-16,19,29,35H,17-18H2,1-5H3/b30-28-. The summed E-state index contributed by atoms with van der Waals surface area (Å²) in [5, 5.41) is 11.5. The third-order valence-electron chi connectivity index (χ3n) is 6.69. The van der Waals surface area contributed by atoms with Gasteiger partial charge in [0.25, 0.3) is 11.7 Å². The predicted octanol–water partition coefficient (Wildman–Crippen LogP) is 5.38. The average molecular weight is 544 g/mol. The topological polar surface area (TPSA) is 102 Å². The molecule has 3 aromatic rings. The molecule has 0 aliphatic carbocycles. The van der Waals surface area contributed by atoms with Crippen LogP contribution in [0.4, 0.5) is 5.69 Å². The molecule has 1 atom stereocenters. The summed E-state index contributed by atoms with van der Waals surface area (Å²) in [5.74, 6) is -0.580. The van der Waals surface area contributed by atoms with Crippen molar-refractivity contribution in [1.82, 2.24) is 0 Å². The lowest BCUT2D eigenvalue weighted by Crippen LogP contribution is -2.29. The second kappa shape index (κ2) is 12.1. The maximum absolute atomic E-state index is 13.5. The molecule has 1 saturated heterocycles. The van der Waals surface area contributed by atoms with E-state index in [0.29, 0.717) is 46.4 Å². The monoisotopic (exact) mass is 543 g/mol. The third-order valence-corrected chi connectivity index (χ3v) is 6.69. The fraction of sp³-hybridized carbons (Fsp3) is 0.281. The number of ketones is 1. The Morgan fingerprint density at radius 2 is 1.65 bits per heavy atom. The van der Waals surface area contributed by atoms with Gasteiger partial charge in [0.05, 0.1) is 38.9 Å². The maximum atomic E-state index is 13.5. The highest BCUT2D eigenvalue weighted by Gasteiger charge is 2.47. The summed E-state index contributed by atoms with van der Waals surface area (Å²) in [4.78, 5) is 40.0. The zero-order valence-electron chi connectivity index (χ0n) is 23.3. The van der Waals surface area contributed by atoms with Gasteiger partial charge in [0.15, 0.2) is 0 Å². The Balaban J connectivity index is 1.80. The van der Waals surface area contributed by atoms with Gasteiger partial charge in [0.1, 0.15) is 17.3 Å². The number of benzene rings is 3. The molecule has 0 aromatic heterocycles. The first-order valence-corrected chi connectivity index (χ1v) is 13.0. The number of Topliss-reactive ketones (excluding diaryl/α,β-unsaturated/α-hetero) is 1. The van der Waals surface area contributed by atoms with Gasteiger partial charge in [-0.3, -0.25) is 19.3 Å². The molecule has 0 radical (unpaired) electrons. The van der Waals surface area contributed by atoms with Crippen molar-refractivity contribution in [1.29, 1.82) is 0 Å². The number of methoxy groups -OCH3 is 2. The van der Waals surface area contributed by atoms with Crippen molar-refractivity contribution in [3.05, 3.63) is 94.6 Å². The van der Waals surface area contributed by atoms with E-state index in [1.54, 1.807) is 73.8 Å². The number of ether oxygens (including phenoxy) is 3. The Bertz CT molecular complexity index is 1440. The van der Waals surface area contributed by atoms with E-state index in [4.69, 9.17) is 14.2 Å². The molecule has 1 aliphatic heterocycles. The summed E-state index contributed by atoms with van der Waals surface area (Å²) in [5.41, 5.74) is 2.94. The highest BCUT2D eigenvalue weighted by molar-refractivity contribution is 6.51. The normalized spacial score (nSPS) is 16.4. The summed E-state index contributed by atoms with van der Waals surface area (Å²) in [6, 6.07) is 18.0. The second-order valence-corrected chi connectivity index (χ2v) is 10.0. The van der Waals surface area contributed by atoms with E-state index < -0.39 is 17.7 Å². The van der Waals surface area contributed by atoms with Crippen molar-refractivity contribution < 1.29 is 33.7 Å². The Hall–Kier alpha value is -4.59. The fourth-order valence-electron chi connectivity index (χ4n) is 4.58. The smallest absolute Gasteiger partial charge is 0.309 e. The lowest BCUT2D eigenvalue weighted by atomic mass is 9.94. The van der Waals surface area contributed by atoms with E-state index in [1.807, 2.05) is 6.92 Å². The van der Waals surface area contributed by atoms with Crippen molar-refractivity contribution in [2.75, 3.05) is 25.7 Å². The van der Waals surface area contributed by atoms with Gasteiger partial charge in [0.2, 0.25) is 0 Å². The van der Waals surface area contributed by atoms with Crippen molar-refractivity contribution >= 4 is 29.1 Å². The van der Waals surface area contributed by atoms with Crippen LogP contribution < -0.4 is 14.4 Å². The number of aliphatic hydroxyl groups excluding tert-OH is 1. The number of hydrogen-bond acceptors (Lipinski definition) is 7. The maximum Gasteiger partial charge on any atom is 0.309 e. The first-order chi connectivity index (χ1) is 19.1.